The Labute approximate surface area is 118 Å². The van der Waals surface area contributed by atoms with Gasteiger partial charge in [0.15, 0.2) is 0 Å². The molecule has 0 amide bonds. The average Bonchev–Trinajstić information content (AvgIpc) is 2.44. The molecule has 0 aliphatic heterocycles. The zero-order valence-electron chi connectivity index (χ0n) is 11.6. The van der Waals surface area contributed by atoms with E-state index < -0.39 is 0 Å². The number of phenolic OH excluding ortho intramolecular Hbond substituents is 2. The first kappa shape index (κ1) is 14.1. The molecule has 0 saturated heterocycles. The van der Waals surface area contributed by atoms with Gasteiger partial charge in [-0.15, -0.1) is 0 Å². The van der Waals surface area contributed by atoms with Gasteiger partial charge >= 0.3 is 0 Å². The van der Waals surface area contributed by atoms with Gasteiger partial charge in [0.1, 0.15) is 23.0 Å². The lowest BCUT2D eigenvalue weighted by atomic mass is 10.0. The minimum atomic E-state index is 0.0710. The lowest BCUT2D eigenvalue weighted by Crippen LogP contribution is -1.96. The number of hydrogen-bond donors (Lipinski definition) is 2. The van der Waals surface area contributed by atoms with Crippen LogP contribution >= 0.6 is 0 Å². The zero-order valence-corrected chi connectivity index (χ0v) is 11.6. The van der Waals surface area contributed by atoms with Gasteiger partial charge in [0.2, 0.25) is 0 Å². The van der Waals surface area contributed by atoms with Gasteiger partial charge in [-0.25, -0.2) is 0 Å². The van der Waals surface area contributed by atoms with Crippen LogP contribution in [0.1, 0.15) is 11.1 Å². The van der Waals surface area contributed by atoms with E-state index in [1.807, 2.05) is 18.2 Å². The molecule has 0 aliphatic carbocycles. The van der Waals surface area contributed by atoms with Gasteiger partial charge in [0, 0.05) is 12.1 Å². The highest BCUT2D eigenvalue weighted by Gasteiger charge is 2.06. The number of rotatable bonds is 5. The fourth-order valence-electron chi connectivity index (χ4n) is 2.14. The van der Waals surface area contributed by atoms with Crippen LogP contribution in [0.2, 0.25) is 0 Å². The number of aryl methyl sites for hydroxylation is 2. The Hall–Kier alpha value is -2.36. The van der Waals surface area contributed by atoms with Crippen molar-refractivity contribution in [3.8, 4) is 23.0 Å². The van der Waals surface area contributed by atoms with E-state index in [1.165, 1.54) is 6.07 Å². The fourth-order valence-corrected chi connectivity index (χ4v) is 2.14. The second-order valence-corrected chi connectivity index (χ2v) is 4.54. The fraction of sp³-hybridized carbons (Fsp3) is 0.250. The van der Waals surface area contributed by atoms with Gasteiger partial charge < -0.3 is 19.7 Å². The molecule has 0 aliphatic rings. The summed E-state index contributed by atoms with van der Waals surface area (Å²) in [6, 6.07) is 10.3. The summed E-state index contributed by atoms with van der Waals surface area (Å²) in [5.74, 6) is 1.66. The first-order valence-corrected chi connectivity index (χ1v) is 6.35. The summed E-state index contributed by atoms with van der Waals surface area (Å²) >= 11 is 0. The van der Waals surface area contributed by atoms with E-state index in [0.717, 1.165) is 29.0 Å². The van der Waals surface area contributed by atoms with E-state index in [0.29, 0.717) is 6.42 Å². The van der Waals surface area contributed by atoms with Crippen molar-refractivity contribution in [3.63, 3.8) is 0 Å². The third kappa shape index (κ3) is 3.35. The summed E-state index contributed by atoms with van der Waals surface area (Å²) in [5, 5.41) is 18.9. The average molecular weight is 274 g/mol. The normalized spacial score (nSPS) is 10.3. The Balaban J connectivity index is 2.14. The Morgan fingerprint density at radius 1 is 0.850 bits per heavy atom. The number of benzene rings is 2. The van der Waals surface area contributed by atoms with Gasteiger partial charge in [-0.1, -0.05) is 6.07 Å². The van der Waals surface area contributed by atoms with Crippen LogP contribution in [-0.2, 0) is 12.8 Å². The molecule has 0 fully saturated rings. The zero-order chi connectivity index (χ0) is 14.5. The van der Waals surface area contributed by atoms with Crippen molar-refractivity contribution < 1.29 is 19.7 Å². The van der Waals surface area contributed by atoms with Gasteiger partial charge in [0.25, 0.3) is 0 Å². The molecule has 0 bridgehead atoms. The molecule has 0 atom stereocenters. The third-order valence-corrected chi connectivity index (χ3v) is 3.14. The standard InChI is InChI=1S/C16H18O4/c1-19-15-6-5-12(16(10-15)20-2)4-3-11-7-13(17)9-14(18)8-11/h5-10,17-18H,3-4H2,1-2H3. The summed E-state index contributed by atoms with van der Waals surface area (Å²) in [4.78, 5) is 0. The summed E-state index contributed by atoms with van der Waals surface area (Å²) in [7, 11) is 3.24. The van der Waals surface area contributed by atoms with Crippen LogP contribution in [0.25, 0.3) is 0 Å². The molecule has 0 heterocycles. The molecule has 0 radical (unpaired) electrons. The number of phenols is 2. The van der Waals surface area contributed by atoms with Crippen LogP contribution in [-0.4, -0.2) is 24.4 Å². The van der Waals surface area contributed by atoms with Crippen LogP contribution in [0.3, 0.4) is 0 Å². The molecular formula is C16H18O4. The largest absolute Gasteiger partial charge is 0.508 e. The molecular weight excluding hydrogens is 256 g/mol. The monoisotopic (exact) mass is 274 g/mol. The molecule has 4 nitrogen and oxygen atoms in total. The van der Waals surface area contributed by atoms with E-state index in [2.05, 4.69) is 0 Å². The van der Waals surface area contributed by atoms with E-state index >= 15 is 0 Å². The quantitative estimate of drug-likeness (QED) is 0.880. The van der Waals surface area contributed by atoms with Gasteiger partial charge in [-0.2, -0.15) is 0 Å². The second kappa shape index (κ2) is 6.19. The Kier molecular flexibility index (Phi) is 4.35. The van der Waals surface area contributed by atoms with Crippen molar-refractivity contribution in [2.45, 2.75) is 12.8 Å². The number of aromatic hydroxyl groups is 2. The molecule has 106 valence electrons. The molecule has 2 aromatic rings. The van der Waals surface area contributed by atoms with Crippen LogP contribution in [0.4, 0.5) is 0 Å². The highest BCUT2D eigenvalue weighted by atomic mass is 16.5. The van der Waals surface area contributed by atoms with Gasteiger partial charge in [-0.3, -0.25) is 0 Å². The van der Waals surface area contributed by atoms with Crippen molar-refractivity contribution in [2.75, 3.05) is 14.2 Å². The molecule has 0 unspecified atom stereocenters. The van der Waals surface area contributed by atoms with Crippen LogP contribution < -0.4 is 9.47 Å². The summed E-state index contributed by atoms with van der Waals surface area (Å²) < 4.78 is 10.5. The molecule has 4 heteroatoms. The maximum atomic E-state index is 9.46. The minimum absolute atomic E-state index is 0.0710. The van der Waals surface area contributed by atoms with Crippen molar-refractivity contribution in [2.24, 2.45) is 0 Å². The number of ether oxygens (including phenoxy) is 2. The molecule has 0 saturated carbocycles. The van der Waals surface area contributed by atoms with Crippen molar-refractivity contribution in [1.82, 2.24) is 0 Å². The summed E-state index contributed by atoms with van der Waals surface area (Å²) in [6.07, 6.45) is 1.45. The first-order chi connectivity index (χ1) is 9.62. The highest BCUT2D eigenvalue weighted by Crippen LogP contribution is 2.27. The lowest BCUT2D eigenvalue weighted by molar-refractivity contribution is 0.391. The van der Waals surface area contributed by atoms with E-state index in [9.17, 15) is 10.2 Å². The van der Waals surface area contributed by atoms with Crippen molar-refractivity contribution in [3.05, 3.63) is 47.5 Å². The second-order valence-electron chi connectivity index (χ2n) is 4.54. The summed E-state index contributed by atoms with van der Waals surface area (Å²) in [5.41, 5.74) is 1.93. The van der Waals surface area contributed by atoms with Gasteiger partial charge in [0.05, 0.1) is 14.2 Å². The smallest absolute Gasteiger partial charge is 0.125 e. The van der Waals surface area contributed by atoms with Crippen LogP contribution in [0.5, 0.6) is 23.0 Å². The molecule has 0 spiro atoms. The number of methoxy groups -OCH3 is 2. The Morgan fingerprint density at radius 3 is 2.15 bits per heavy atom. The third-order valence-electron chi connectivity index (χ3n) is 3.14. The van der Waals surface area contributed by atoms with Crippen molar-refractivity contribution in [1.29, 1.82) is 0 Å². The maximum absolute atomic E-state index is 9.46. The van der Waals surface area contributed by atoms with E-state index in [4.69, 9.17) is 9.47 Å². The predicted molar refractivity (Wildman–Crippen MR) is 76.7 cm³/mol. The first-order valence-electron chi connectivity index (χ1n) is 6.35. The predicted octanol–water partition coefficient (Wildman–Crippen LogP) is 2.90. The topological polar surface area (TPSA) is 58.9 Å². The van der Waals surface area contributed by atoms with Crippen molar-refractivity contribution >= 4 is 0 Å². The molecule has 0 aromatic heterocycles. The van der Waals surface area contributed by atoms with Gasteiger partial charge in [-0.05, 0) is 42.2 Å². The van der Waals surface area contributed by atoms with E-state index in [-0.39, 0.29) is 11.5 Å². The minimum Gasteiger partial charge on any atom is -0.508 e. The maximum Gasteiger partial charge on any atom is 0.125 e. The Morgan fingerprint density at radius 2 is 1.55 bits per heavy atom. The highest BCUT2D eigenvalue weighted by molar-refractivity contribution is 5.42. The molecule has 2 N–H and O–H groups in total. The van der Waals surface area contributed by atoms with Crippen LogP contribution in [0.15, 0.2) is 36.4 Å². The Bertz CT molecular complexity index is 573. The molecule has 20 heavy (non-hydrogen) atoms. The molecule has 2 aromatic carbocycles. The SMILES string of the molecule is COc1ccc(CCc2cc(O)cc(O)c2)c(OC)c1. The van der Waals surface area contributed by atoms with E-state index in [1.54, 1.807) is 26.4 Å². The van der Waals surface area contributed by atoms with Crippen LogP contribution in [0, 0.1) is 0 Å². The molecule has 2 rings (SSSR count). The number of hydrogen-bond acceptors (Lipinski definition) is 4. The lowest BCUT2D eigenvalue weighted by Gasteiger charge is -2.10. The summed E-state index contributed by atoms with van der Waals surface area (Å²) in [6.45, 7) is 0.